The van der Waals surface area contributed by atoms with Crippen molar-refractivity contribution >= 4 is 44.6 Å². The number of nitro benzene ring substituents is 1. The normalized spacial score (nSPS) is 11.0. The van der Waals surface area contributed by atoms with Gasteiger partial charge in [-0.1, -0.05) is 35.9 Å². The topological polar surface area (TPSA) is 118 Å². The molecule has 0 heterocycles. The number of hydrogen-bond acceptors (Lipinski definition) is 5. The van der Waals surface area contributed by atoms with Crippen LogP contribution >= 0.6 is 11.6 Å². The molecule has 0 fully saturated rings. The zero-order valence-electron chi connectivity index (χ0n) is 15.6. The van der Waals surface area contributed by atoms with Crippen LogP contribution in [0.25, 0.3) is 0 Å². The molecule has 2 N–H and O–H groups in total. The monoisotopic (exact) mass is 445 g/mol. The second-order valence-electron chi connectivity index (χ2n) is 6.28. The molecule has 0 saturated heterocycles. The number of halogens is 1. The van der Waals surface area contributed by atoms with Crippen LogP contribution in [-0.2, 0) is 10.0 Å². The van der Waals surface area contributed by atoms with E-state index in [1.54, 1.807) is 30.3 Å². The van der Waals surface area contributed by atoms with E-state index in [0.717, 1.165) is 6.07 Å². The predicted octanol–water partition coefficient (Wildman–Crippen LogP) is 4.61. The number of carbonyl (C=O) groups excluding carboxylic acids is 1. The molecule has 8 nitrogen and oxygen atoms in total. The van der Waals surface area contributed by atoms with Crippen molar-refractivity contribution in [2.45, 2.75) is 11.8 Å². The van der Waals surface area contributed by atoms with Crippen LogP contribution in [-0.4, -0.2) is 19.2 Å². The van der Waals surface area contributed by atoms with E-state index < -0.39 is 20.9 Å². The summed E-state index contributed by atoms with van der Waals surface area (Å²) in [5, 5.41) is 13.6. The van der Waals surface area contributed by atoms with E-state index in [2.05, 4.69) is 10.0 Å². The Morgan fingerprint density at radius 3 is 2.40 bits per heavy atom. The minimum absolute atomic E-state index is 0.0266. The SMILES string of the molecule is Cc1c(NC(=O)c2ccc(Cl)c(S(=O)(=O)Nc3ccccc3)c2)cccc1[N+](=O)[O-]. The van der Waals surface area contributed by atoms with Gasteiger partial charge in [-0.05, 0) is 43.3 Å². The molecule has 0 atom stereocenters. The second-order valence-corrected chi connectivity index (χ2v) is 8.34. The van der Waals surface area contributed by atoms with Gasteiger partial charge in [0.15, 0.2) is 0 Å². The summed E-state index contributed by atoms with van der Waals surface area (Å²) in [7, 11) is -4.05. The largest absolute Gasteiger partial charge is 0.321 e. The Hall–Kier alpha value is -3.43. The smallest absolute Gasteiger partial charge is 0.274 e. The highest BCUT2D eigenvalue weighted by Gasteiger charge is 2.21. The number of anilines is 2. The van der Waals surface area contributed by atoms with Crippen molar-refractivity contribution < 1.29 is 18.1 Å². The van der Waals surface area contributed by atoms with E-state index in [0.29, 0.717) is 5.69 Å². The first-order chi connectivity index (χ1) is 14.2. The zero-order chi connectivity index (χ0) is 21.9. The lowest BCUT2D eigenvalue weighted by Crippen LogP contribution is -2.17. The molecule has 0 aliphatic rings. The molecular weight excluding hydrogens is 430 g/mol. The Labute approximate surface area is 177 Å². The first kappa shape index (κ1) is 21.3. The molecule has 1 amide bonds. The second kappa shape index (κ2) is 8.52. The lowest BCUT2D eigenvalue weighted by molar-refractivity contribution is -0.385. The molecule has 10 heteroatoms. The third-order valence-corrected chi connectivity index (χ3v) is 6.12. The Balaban J connectivity index is 1.91. The van der Waals surface area contributed by atoms with Gasteiger partial charge in [0.25, 0.3) is 21.6 Å². The number of nitrogens with one attached hydrogen (secondary N) is 2. The van der Waals surface area contributed by atoms with Gasteiger partial charge in [-0.25, -0.2) is 8.42 Å². The number of hydrogen-bond donors (Lipinski definition) is 2. The Kier molecular flexibility index (Phi) is 6.04. The molecule has 30 heavy (non-hydrogen) atoms. The van der Waals surface area contributed by atoms with Crippen LogP contribution in [0.2, 0.25) is 5.02 Å². The van der Waals surface area contributed by atoms with Gasteiger partial charge in [0.1, 0.15) is 4.90 Å². The third kappa shape index (κ3) is 4.58. The summed E-state index contributed by atoms with van der Waals surface area (Å²) in [5.41, 5.74) is 0.757. The lowest BCUT2D eigenvalue weighted by Gasteiger charge is -2.12. The molecule has 0 aliphatic heterocycles. The summed E-state index contributed by atoms with van der Waals surface area (Å²) in [6, 6.07) is 16.3. The van der Waals surface area contributed by atoms with Crippen molar-refractivity contribution in [3.63, 3.8) is 0 Å². The van der Waals surface area contributed by atoms with E-state index >= 15 is 0 Å². The maximum absolute atomic E-state index is 12.7. The molecule has 0 aliphatic carbocycles. The van der Waals surface area contributed by atoms with Crippen LogP contribution in [0.4, 0.5) is 17.1 Å². The highest BCUT2D eigenvalue weighted by atomic mass is 35.5. The Morgan fingerprint density at radius 1 is 1.03 bits per heavy atom. The molecule has 0 aromatic heterocycles. The van der Waals surface area contributed by atoms with Crippen LogP contribution in [0.1, 0.15) is 15.9 Å². The maximum atomic E-state index is 12.7. The number of amides is 1. The van der Waals surface area contributed by atoms with Gasteiger partial charge in [-0.15, -0.1) is 0 Å². The summed E-state index contributed by atoms with van der Waals surface area (Å²) in [4.78, 5) is 22.9. The van der Waals surface area contributed by atoms with Crippen LogP contribution in [0.3, 0.4) is 0 Å². The minimum atomic E-state index is -4.05. The number of rotatable bonds is 6. The van der Waals surface area contributed by atoms with E-state index in [-0.39, 0.29) is 32.4 Å². The predicted molar refractivity (Wildman–Crippen MR) is 114 cm³/mol. The molecule has 0 spiro atoms. The van der Waals surface area contributed by atoms with Gasteiger partial charge in [-0.2, -0.15) is 0 Å². The first-order valence-corrected chi connectivity index (χ1v) is 10.5. The van der Waals surface area contributed by atoms with Crippen LogP contribution < -0.4 is 10.0 Å². The van der Waals surface area contributed by atoms with Gasteiger partial charge in [0.05, 0.1) is 21.2 Å². The van der Waals surface area contributed by atoms with Crippen molar-refractivity contribution in [3.05, 3.63) is 93.0 Å². The average molecular weight is 446 g/mol. The number of para-hydroxylation sites is 1. The minimum Gasteiger partial charge on any atom is -0.321 e. The fourth-order valence-corrected chi connectivity index (χ4v) is 4.30. The number of nitro groups is 1. The molecule has 3 aromatic rings. The highest BCUT2D eigenvalue weighted by Crippen LogP contribution is 2.28. The maximum Gasteiger partial charge on any atom is 0.274 e. The first-order valence-electron chi connectivity index (χ1n) is 8.62. The summed E-state index contributed by atoms with van der Waals surface area (Å²) < 4.78 is 27.9. The lowest BCUT2D eigenvalue weighted by atomic mass is 10.1. The molecule has 3 rings (SSSR count). The molecule has 3 aromatic carbocycles. The van der Waals surface area contributed by atoms with Crippen molar-refractivity contribution in [1.29, 1.82) is 0 Å². The summed E-state index contributed by atoms with van der Waals surface area (Å²) in [5.74, 6) is -0.633. The number of benzene rings is 3. The van der Waals surface area contributed by atoms with Crippen molar-refractivity contribution in [3.8, 4) is 0 Å². The molecule has 0 bridgehead atoms. The average Bonchev–Trinajstić information content (AvgIpc) is 2.70. The van der Waals surface area contributed by atoms with E-state index in [9.17, 15) is 23.3 Å². The van der Waals surface area contributed by atoms with Crippen LogP contribution in [0.5, 0.6) is 0 Å². The fourth-order valence-electron chi connectivity index (χ4n) is 2.72. The van der Waals surface area contributed by atoms with Gasteiger partial charge in [0, 0.05) is 17.3 Å². The highest BCUT2D eigenvalue weighted by molar-refractivity contribution is 7.92. The Morgan fingerprint density at radius 2 is 1.73 bits per heavy atom. The summed E-state index contributed by atoms with van der Waals surface area (Å²) in [6.07, 6.45) is 0. The standard InChI is InChI=1S/C20H16ClN3O5S/c1-13-17(8-5-9-18(13)24(26)27)22-20(25)14-10-11-16(21)19(12-14)30(28,29)23-15-6-3-2-4-7-15/h2-12,23H,1H3,(H,22,25). The number of nitrogens with zero attached hydrogens (tertiary/aromatic N) is 1. The molecule has 154 valence electrons. The fraction of sp³-hybridized carbons (Fsp3) is 0.0500. The molecule has 0 radical (unpaired) electrons. The van der Waals surface area contributed by atoms with E-state index in [1.165, 1.54) is 37.3 Å². The molecule has 0 unspecified atom stereocenters. The third-order valence-electron chi connectivity index (χ3n) is 4.26. The number of carbonyl (C=O) groups is 1. The van der Waals surface area contributed by atoms with Gasteiger partial charge < -0.3 is 5.32 Å². The molecule has 0 saturated carbocycles. The van der Waals surface area contributed by atoms with Crippen molar-refractivity contribution in [2.24, 2.45) is 0 Å². The quantitative estimate of drug-likeness (QED) is 0.424. The van der Waals surface area contributed by atoms with E-state index in [4.69, 9.17) is 11.6 Å². The zero-order valence-corrected chi connectivity index (χ0v) is 17.2. The number of sulfonamides is 1. The van der Waals surface area contributed by atoms with Crippen molar-refractivity contribution in [2.75, 3.05) is 10.0 Å². The van der Waals surface area contributed by atoms with Gasteiger partial charge in [-0.3, -0.25) is 19.6 Å². The Bertz CT molecular complexity index is 1230. The molecular formula is C20H16ClN3O5S. The van der Waals surface area contributed by atoms with Crippen molar-refractivity contribution in [1.82, 2.24) is 0 Å². The van der Waals surface area contributed by atoms with Gasteiger partial charge >= 0.3 is 0 Å². The van der Waals surface area contributed by atoms with Gasteiger partial charge in [0.2, 0.25) is 0 Å². The van der Waals surface area contributed by atoms with E-state index in [1.807, 2.05) is 0 Å². The summed E-state index contributed by atoms with van der Waals surface area (Å²) >= 11 is 6.07. The summed E-state index contributed by atoms with van der Waals surface area (Å²) in [6.45, 7) is 1.51. The van der Waals surface area contributed by atoms with Crippen LogP contribution in [0, 0.1) is 17.0 Å². The van der Waals surface area contributed by atoms with Crippen LogP contribution in [0.15, 0.2) is 71.6 Å².